The van der Waals surface area contributed by atoms with Gasteiger partial charge in [-0.15, -0.1) is 0 Å². The molecule has 0 aromatic carbocycles. The first-order valence-electron chi connectivity index (χ1n) is 10.8. The zero-order valence-corrected chi connectivity index (χ0v) is 18.5. The van der Waals surface area contributed by atoms with Crippen molar-refractivity contribution in [2.75, 3.05) is 27.7 Å². The molecule has 0 N–H and O–H groups in total. The minimum Gasteiger partial charge on any atom is -0.550 e. The number of carboxylic acids is 1. The van der Waals surface area contributed by atoms with E-state index < -0.39 is 18.0 Å². The van der Waals surface area contributed by atoms with Crippen LogP contribution in [0.3, 0.4) is 0 Å². The lowest BCUT2D eigenvalue weighted by molar-refractivity contribution is -0.873. The van der Waals surface area contributed by atoms with Crippen molar-refractivity contribution in [2.24, 2.45) is 0 Å². The predicted molar refractivity (Wildman–Crippen MR) is 113 cm³/mol. The van der Waals surface area contributed by atoms with Crippen LogP contribution >= 0.6 is 0 Å². The molecule has 0 aliphatic heterocycles. The van der Waals surface area contributed by atoms with Crippen LogP contribution in [0.15, 0.2) is 24.3 Å². The average Bonchev–Trinajstić information content (AvgIpc) is 2.56. The van der Waals surface area contributed by atoms with Crippen LogP contribution < -0.4 is 5.11 Å². The number of hydrogen-bond donors (Lipinski definition) is 0. The van der Waals surface area contributed by atoms with Crippen molar-refractivity contribution in [3.63, 3.8) is 0 Å². The number of hydrogen-bond acceptors (Lipinski definition) is 4. The van der Waals surface area contributed by atoms with Crippen LogP contribution in [0.25, 0.3) is 0 Å². The highest BCUT2D eigenvalue weighted by Gasteiger charge is 2.21. The van der Waals surface area contributed by atoms with Crippen molar-refractivity contribution < 1.29 is 23.9 Å². The summed E-state index contributed by atoms with van der Waals surface area (Å²) in [7, 11) is 5.77. The quantitative estimate of drug-likeness (QED) is 0.124. The zero-order chi connectivity index (χ0) is 21.3. The molecule has 0 amide bonds. The third kappa shape index (κ3) is 19.2. The molecule has 0 aromatic rings. The van der Waals surface area contributed by atoms with Crippen molar-refractivity contribution in [1.82, 2.24) is 0 Å². The molecule has 28 heavy (non-hydrogen) atoms. The van der Waals surface area contributed by atoms with Gasteiger partial charge in [-0.2, -0.15) is 0 Å². The molecule has 0 unspecified atom stereocenters. The maximum Gasteiger partial charge on any atom is 0.330 e. The smallest absolute Gasteiger partial charge is 0.330 e. The summed E-state index contributed by atoms with van der Waals surface area (Å²) in [6.07, 6.45) is 18.6. The second-order valence-corrected chi connectivity index (χ2v) is 8.47. The Morgan fingerprint density at radius 1 is 0.893 bits per heavy atom. The molecule has 0 saturated heterocycles. The van der Waals surface area contributed by atoms with Crippen molar-refractivity contribution in [3.8, 4) is 0 Å². The monoisotopic (exact) mass is 395 g/mol. The van der Waals surface area contributed by atoms with Crippen LogP contribution in [0.1, 0.15) is 77.6 Å². The van der Waals surface area contributed by atoms with Gasteiger partial charge in [-0.25, -0.2) is 4.79 Å². The van der Waals surface area contributed by atoms with E-state index in [1.165, 1.54) is 44.6 Å². The molecule has 0 fully saturated rings. The highest BCUT2D eigenvalue weighted by molar-refractivity contribution is 5.82. The standard InChI is InChI=1S/C23H41NO4/c1-5-6-7-8-9-10-11-12-13-14-15-16-17-18-23(27)28-21(19-22(25)26)20-24(2,3)4/h10-11,17-18,21H,5-9,12-16,19-20H2,1-4H3/b11-10-,18-17+/t21-/m1/s1. The summed E-state index contributed by atoms with van der Waals surface area (Å²) in [5, 5.41) is 10.8. The van der Waals surface area contributed by atoms with E-state index in [1.807, 2.05) is 27.2 Å². The van der Waals surface area contributed by atoms with Gasteiger partial charge in [-0.1, -0.05) is 50.8 Å². The first-order chi connectivity index (χ1) is 13.2. The Morgan fingerprint density at radius 2 is 1.43 bits per heavy atom. The van der Waals surface area contributed by atoms with Crippen LogP contribution in [0, 0.1) is 0 Å². The van der Waals surface area contributed by atoms with Crippen molar-refractivity contribution in [3.05, 3.63) is 24.3 Å². The summed E-state index contributed by atoms with van der Waals surface area (Å²) >= 11 is 0. The Labute approximate surface area is 172 Å². The molecule has 1 atom stereocenters. The Hall–Kier alpha value is -1.62. The molecule has 5 nitrogen and oxygen atoms in total. The largest absolute Gasteiger partial charge is 0.550 e. The van der Waals surface area contributed by atoms with Gasteiger partial charge in [0.2, 0.25) is 0 Å². The summed E-state index contributed by atoms with van der Waals surface area (Å²) in [5.41, 5.74) is 0. The summed E-state index contributed by atoms with van der Waals surface area (Å²) < 4.78 is 5.79. The molecule has 0 heterocycles. The van der Waals surface area contributed by atoms with E-state index in [0.29, 0.717) is 11.0 Å². The van der Waals surface area contributed by atoms with Crippen LogP contribution in [0.5, 0.6) is 0 Å². The minimum absolute atomic E-state index is 0.277. The van der Waals surface area contributed by atoms with Gasteiger partial charge in [-0.05, 0) is 38.5 Å². The van der Waals surface area contributed by atoms with Gasteiger partial charge in [0.15, 0.2) is 6.10 Å². The number of unbranched alkanes of at least 4 members (excludes halogenated alkanes) is 8. The van der Waals surface area contributed by atoms with Gasteiger partial charge in [-0.3, -0.25) is 0 Å². The molecule has 0 aliphatic carbocycles. The summed E-state index contributed by atoms with van der Waals surface area (Å²) in [6, 6.07) is 0. The second-order valence-electron chi connectivity index (χ2n) is 8.47. The van der Waals surface area contributed by atoms with Crippen LogP contribution in [0.2, 0.25) is 0 Å². The van der Waals surface area contributed by atoms with Crippen molar-refractivity contribution >= 4 is 11.9 Å². The van der Waals surface area contributed by atoms with Gasteiger partial charge in [0, 0.05) is 18.5 Å². The summed E-state index contributed by atoms with van der Waals surface area (Å²) in [4.78, 5) is 22.7. The van der Waals surface area contributed by atoms with E-state index in [-0.39, 0.29) is 6.42 Å². The van der Waals surface area contributed by atoms with E-state index in [9.17, 15) is 14.7 Å². The molecule has 0 saturated carbocycles. The SMILES string of the molecule is CCCCCC/C=C\CCCCC/C=C/C(=O)O[C@H](CC(=O)[O-])C[N+](C)(C)C. The number of allylic oxidation sites excluding steroid dienone is 3. The number of ether oxygens (including phenoxy) is 1. The molecule has 0 spiro atoms. The molecule has 0 radical (unpaired) electrons. The highest BCUT2D eigenvalue weighted by Crippen LogP contribution is 2.08. The normalized spacial score (nSPS) is 13.3. The van der Waals surface area contributed by atoms with Crippen molar-refractivity contribution in [1.29, 1.82) is 0 Å². The Kier molecular flexibility index (Phi) is 15.4. The zero-order valence-electron chi connectivity index (χ0n) is 18.5. The van der Waals surface area contributed by atoms with E-state index >= 15 is 0 Å². The molecule has 162 valence electrons. The van der Waals surface area contributed by atoms with Crippen LogP contribution in [0.4, 0.5) is 0 Å². The second kappa shape index (κ2) is 16.3. The number of likely N-dealkylation sites (N-methyl/N-ethyl adjacent to an activating group) is 1. The van der Waals surface area contributed by atoms with Gasteiger partial charge in [0.05, 0.1) is 21.1 Å². The number of quaternary nitrogens is 1. The predicted octanol–water partition coefficient (Wildman–Crippen LogP) is 3.78. The molecular formula is C23H41NO4. The summed E-state index contributed by atoms with van der Waals surface area (Å²) in [5.74, 6) is -1.68. The Balaban J connectivity index is 3.86. The number of esters is 1. The van der Waals surface area contributed by atoms with Gasteiger partial charge in [0.25, 0.3) is 0 Å². The number of aliphatic carboxylic acids is 1. The van der Waals surface area contributed by atoms with Crippen LogP contribution in [-0.2, 0) is 14.3 Å². The molecule has 0 bridgehead atoms. The fourth-order valence-electron chi connectivity index (χ4n) is 2.95. The number of carbonyl (C=O) groups excluding carboxylic acids is 2. The number of carbonyl (C=O) groups is 2. The fourth-order valence-corrected chi connectivity index (χ4v) is 2.95. The lowest BCUT2D eigenvalue weighted by Gasteiger charge is -2.29. The Morgan fingerprint density at radius 3 is 1.93 bits per heavy atom. The number of nitrogens with zero attached hydrogens (tertiary/aromatic N) is 1. The van der Waals surface area contributed by atoms with E-state index in [2.05, 4.69) is 19.1 Å². The van der Waals surface area contributed by atoms with Crippen LogP contribution in [-0.4, -0.2) is 50.2 Å². The number of carboxylic acid groups (broad SMARTS) is 1. The molecular weight excluding hydrogens is 354 g/mol. The maximum atomic E-state index is 11.9. The first kappa shape index (κ1) is 26.4. The molecule has 5 heteroatoms. The van der Waals surface area contributed by atoms with E-state index in [0.717, 1.165) is 25.7 Å². The first-order valence-corrected chi connectivity index (χ1v) is 10.8. The third-order valence-corrected chi connectivity index (χ3v) is 4.32. The third-order valence-electron chi connectivity index (χ3n) is 4.32. The average molecular weight is 396 g/mol. The lowest BCUT2D eigenvalue weighted by atomic mass is 10.1. The topological polar surface area (TPSA) is 66.4 Å². The van der Waals surface area contributed by atoms with E-state index in [4.69, 9.17) is 4.74 Å². The van der Waals surface area contributed by atoms with Crippen molar-refractivity contribution in [2.45, 2.75) is 83.7 Å². The van der Waals surface area contributed by atoms with E-state index in [1.54, 1.807) is 0 Å². The van der Waals surface area contributed by atoms with Gasteiger partial charge < -0.3 is 19.1 Å². The summed E-state index contributed by atoms with van der Waals surface area (Å²) in [6.45, 7) is 2.66. The van der Waals surface area contributed by atoms with Gasteiger partial charge in [0.1, 0.15) is 6.54 Å². The number of rotatable bonds is 17. The lowest BCUT2D eigenvalue weighted by Crippen LogP contribution is -2.45. The molecule has 0 rings (SSSR count). The fraction of sp³-hybridized carbons (Fsp3) is 0.739. The van der Waals surface area contributed by atoms with Gasteiger partial charge >= 0.3 is 5.97 Å². The minimum atomic E-state index is -1.20. The Bertz CT molecular complexity index is 477. The molecule has 0 aliphatic rings. The maximum absolute atomic E-state index is 11.9. The molecule has 0 aromatic heterocycles. The highest BCUT2D eigenvalue weighted by atomic mass is 16.5.